The van der Waals surface area contributed by atoms with Gasteiger partial charge in [-0.3, -0.25) is 14.6 Å². The van der Waals surface area contributed by atoms with E-state index in [-0.39, 0.29) is 24.2 Å². The van der Waals surface area contributed by atoms with Crippen molar-refractivity contribution in [2.45, 2.75) is 26.3 Å². The molecule has 1 saturated heterocycles. The van der Waals surface area contributed by atoms with Gasteiger partial charge in [-0.2, -0.15) is 0 Å². The first kappa shape index (κ1) is 19.1. The summed E-state index contributed by atoms with van der Waals surface area (Å²) in [5.41, 5.74) is 4.38. The molecular weight excluding hydrogens is 362 g/mol. The van der Waals surface area contributed by atoms with Gasteiger partial charge in [-0.25, -0.2) is 0 Å². The van der Waals surface area contributed by atoms with Crippen LogP contribution in [0.4, 0.5) is 0 Å². The molecule has 1 fully saturated rings. The first-order valence-corrected chi connectivity index (χ1v) is 10.0. The number of aryl methyl sites for hydroxylation is 1. The van der Waals surface area contributed by atoms with E-state index in [1.165, 1.54) is 5.56 Å². The van der Waals surface area contributed by atoms with Crippen molar-refractivity contribution < 1.29 is 9.59 Å². The van der Waals surface area contributed by atoms with Gasteiger partial charge in [0.15, 0.2) is 0 Å². The van der Waals surface area contributed by atoms with Gasteiger partial charge in [0.25, 0.3) is 0 Å². The van der Waals surface area contributed by atoms with Crippen LogP contribution in [0.5, 0.6) is 0 Å². The van der Waals surface area contributed by atoms with Gasteiger partial charge in [0.1, 0.15) is 0 Å². The third-order valence-electron chi connectivity index (χ3n) is 5.49. The van der Waals surface area contributed by atoms with Gasteiger partial charge in [0.05, 0.1) is 11.4 Å². The Hall–Kier alpha value is -3.21. The van der Waals surface area contributed by atoms with E-state index in [4.69, 9.17) is 0 Å². The predicted octanol–water partition coefficient (Wildman–Crippen LogP) is 3.25. The standard InChI is InChI=1S/C24H25N3O2/c1-17-7-9-18(10-8-17)15-27-16-21(14-22(27)28)24(29)26-13-11-20-5-2-4-19-6-3-12-25-23(19)20/h2-10,12,21H,11,13-16H2,1H3,(H,26,29). The number of fused-ring (bicyclic) bond motifs is 1. The number of likely N-dealkylation sites (tertiary alicyclic amines) is 1. The minimum absolute atomic E-state index is 0.0436. The predicted molar refractivity (Wildman–Crippen MR) is 113 cm³/mol. The number of para-hydroxylation sites is 1. The zero-order valence-electron chi connectivity index (χ0n) is 16.6. The number of carbonyl (C=O) groups excluding carboxylic acids is 2. The van der Waals surface area contributed by atoms with E-state index in [9.17, 15) is 9.59 Å². The van der Waals surface area contributed by atoms with Gasteiger partial charge >= 0.3 is 0 Å². The van der Waals surface area contributed by atoms with Gasteiger partial charge in [-0.15, -0.1) is 0 Å². The lowest BCUT2D eigenvalue weighted by Gasteiger charge is -2.17. The van der Waals surface area contributed by atoms with Crippen molar-refractivity contribution in [3.8, 4) is 0 Å². The lowest BCUT2D eigenvalue weighted by Crippen LogP contribution is -2.34. The van der Waals surface area contributed by atoms with Crippen molar-refractivity contribution in [3.63, 3.8) is 0 Å². The number of pyridine rings is 1. The lowest BCUT2D eigenvalue weighted by atomic mass is 10.1. The highest BCUT2D eigenvalue weighted by atomic mass is 16.2. The van der Waals surface area contributed by atoms with Crippen molar-refractivity contribution in [1.29, 1.82) is 0 Å². The fourth-order valence-electron chi connectivity index (χ4n) is 3.85. The normalized spacial score (nSPS) is 16.4. The summed E-state index contributed by atoms with van der Waals surface area (Å²) >= 11 is 0. The molecule has 3 aromatic rings. The van der Waals surface area contributed by atoms with Gasteiger partial charge in [-0.1, -0.05) is 54.1 Å². The molecule has 2 aromatic carbocycles. The number of carbonyl (C=O) groups is 2. The fourth-order valence-corrected chi connectivity index (χ4v) is 3.85. The summed E-state index contributed by atoms with van der Waals surface area (Å²) in [5.74, 6) is -0.277. The highest BCUT2D eigenvalue weighted by Crippen LogP contribution is 2.21. The van der Waals surface area contributed by atoms with E-state index in [2.05, 4.69) is 10.3 Å². The molecule has 1 aliphatic heterocycles. The number of nitrogens with one attached hydrogen (secondary N) is 1. The molecule has 1 atom stereocenters. The molecule has 0 spiro atoms. The third kappa shape index (κ3) is 4.45. The van der Waals surface area contributed by atoms with E-state index in [0.29, 0.717) is 26.1 Å². The van der Waals surface area contributed by atoms with Crippen molar-refractivity contribution in [2.24, 2.45) is 5.92 Å². The van der Waals surface area contributed by atoms with E-state index >= 15 is 0 Å². The Morgan fingerprint density at radius 3 is 2.76 bits per heavy atom. The zero-order chi connectivity index (χ0) is 20.2. The second-order valence-corrected chi connectivity index (χ2v) is 7.69. The Morgan fingerprint density at radius 1 is 1.14 bits per heavy atom. The Labute approximate surface area is 170 Å². The van der Waals surface area contributed by atoms with Crippen LogP contribution in [0.2, 0.25) is 0 Å². The summed E-state index contributed by atoms with van der Waals surface area (Å²) in [5, 5.41) is 4.11. The SMILES string of the molecule is Cc1ccc(CN2CC(C(=O)NCCc3cccc4cccnc34)CC2=O)cc1. The van der Waals surface area contributed by atoms with Gasteiger partial charge < -0.3 is 10.2 Å². The molecule has 0 aliphatic carbocycles. The molecular formula is C24H25N3O2. The molecule has 2 amide bonds. The summed E-state index contributed by atoms with van der Waals surface area (Å²) in [6.45, 7) is 3.62. The molecule has 1 aromatic heterocycles. The Morgan fingerprint density at radius 2 is 1.93 bits per heavy atom. The van der Waals surface area contributed by atoms with Gasteiger partial charge in [0, 0.05) is 37.6 Å². The second-order valence-electron chi connectivity index (χ2n) is 7.69. The Kier molecular flexibility index (Phi) is 5.56. The zero-order valence-corrected chi connectivity index (χ0v) is 16.6. The molecule has 1 unspecified atom stereocenters. The van der Waals surface area contributed by atoms with E-state index in [1.54, 1.807) is 11.1 Å². The highest BCUT2D eigenvalue weighted by molar-refractivity contribution is 5.89. The van der Waals surface area contributed by atoms with E-state index in [0.717, 1.165) is 22.0 Å². The fraction of sp³-hybridized carbons (Fsp3) is 0.292. The highest BCUT2D eigenvalue weighted by Gasteiger charge is 2.34. The van der Waals surface area contributed by atoms with Crippen LogP contribution in [0.15, 0.2) is 60.8 Å². The molecule has 0 saturated carbocycles. The largest absolute Gasteiger partial charge is 0.355 e. The summed E-state index contributed by atoms with van der Waals surface area (Å²) in [6.07, 6.45) is 2.79. The Bertz CT molecular complexity index is 1020. The average Bonchev–Trinajstić information content (AvgIpc) is 3.10. The van der Waals surface area contributed by atoms with Crippen LogP contribution in [-0.2, 0) is 22.6 Å². The molecule has 0 radical (unpaired) electrons. The lowest BCUT2D eigenvalue weighted by molar-refractivity contribution is -0.129. The van der Waals surface area contributed by atoms with E-state index in [1.807, 2.05) is 61.5 Å². The number of aromatic nitrogens is 1. The van der Waals surface area contributed by atoms with Crippen LogP contribution < -0.4 is 5.32 Å². The van der Waals surface area contributed by atoms with Crippen molar-refractivity contribution in [2.75, 3.05) is 13.1 Å². The number of amides is 2. The van der Waals surface area contributed by atoms with Crippen molar-refractivity contribution in [3.05, 3.63) is 77.5 Å². The molecule has 1 N–H and O–H groups in total. The molecule has 0 bridgehead atoms. The number of nitrogens with zero attached hydrogens (tertiary/aromatic N) is 2. The maximum absolute atomic E-state index is 12.6. The van der Waals surface area contributed by atoms with Crippen LogP contribution in [-0.4, -0.2) is 34.8 Å². The average molecular weight is 387 g/mol. The smallest absolute Gasteiger partial charge is 0.225 e. The maximum atomic E-state index is 12.6. The Balaban J connectivity index is 1.31. The molecule has 1 aliphatic rings. The van der Waals surface area contributed by atoms with Gasteiger partial charge in [-0.05, 0) is 30.5 Å². The van der Waals surface area contributed by atoms with Crippen LogP contribution in [0, 0.1) is 12.8 Å². The van der Waals surface area contributed by atoms with Crippen LogP contribution in [0.1, 0.15) is 23.1 Å². The van der Waals surface area contributed by atoms with Crippen LogP contribution in [0.3, 0.4) is 0 Å². The van der Waals surface area contributed by atoms with Crippen LogP contribution >= 0.6 is 0 Å². The molecule has 5 nitrogen and oxygen atoms in total. The number of hydrogen-bond donors (Lipinski definition) is 1. The van der Waals surface area contributed by atoms with E-state index < -0.39 is 0 Å². The summed E-state index contributed by atoms with van der Waals surface area (Å²) in [4.78, 5) is 31.2. The number of rotatable bonds is 6. The summed E-state index contributed by atoms with van der Waals surface area (Å²) in [6, 6.07) is 18.2. The maximum Gasteiger partial charge on any atom is 0.225 e. The first-order chi connectivity index (χ1) is 14.1. The molecule has 4 rings (SSSR count). The van der Waals surface area contributed by atoms with Crippen molar-refractivity contribution in [1.82, 2.24) is 15.2 Å². The molecule has 148 valence electrons. The monoisotopic (exact) mass is 387 g/mol. The molecule has 2 heterocycles. The minimum atomic E-state index is -0.279. The summed E-state index contributed by atoms with van der Waals surface area (Å²) in [7, 11) is 0. The number of hydrogen-bond acceptors (Lipinski definition) is 3. The topological polar surface area (TPSA) is 62.3 Å². The third-order valence-corrected chi connectivity index (χ3v) is 5.49. The van der Waals surface area contributed by atoms with Crippen LogP contribution in [0.25, 0.3) is 10.9 Å². The van der Waals surface area contributed by atoms with Crippen molar-refractivity contribution >= 4 is 22.7 Å². The first-order valence-electron chi connectivity index (χ1n) is 10.0. The second kappa shape index (κ2) is 8.43. The molecule has 5 heteroatoms. The number of benzene rings is 2. The molecule has 29 heavy (non-hydrogen) atoms. The van der Waals surface area contributed by atoms with Gasteiger partial charge in [0.2, 0.25) is 11.8 Å². The minimum Gasteiger partial charge on any atom is -0.355 e. The summed E-state index contributed by atoms with van der Waals surface area (Å²) < 4.78 is 0. The quantitative estimate of drug-likeness (QED) is 0.706.